The van der Waals surface area contributed by atoms with Crippen molar-refractivity contribution in [2.75, 3.05) is 14.1 Å². The third kappa shape index (κ3) is 3.37. The molecule has 0 saturated heterocycles. The molecule has 17 heavy (non-hydrogen) atoms. The van der Waals surface area contributed by atoms with E-state index < -0.39 is 0 Å². The minimum atomic E-state index is 0.431. The predicted octanol–water partition coefficient (Wildman–Crippen LogP) is 2.37. The Labute approximate surface area is 104 Å². The largest absolute Gasteiger partial charge is 0.304 e. The first-order chi connectivity index (χ1) is 8.27. The Morgan fingerprint density at radius 2 is 2.12 bits per heavy atom. The highest BCUT2D eigenvalue weighted by Gasteiger charge is 2.25. The first-order valence-corrected chi connectivity index (χ1v) is 6.38. The molecule has 92 valence electrons. The molecule has 1 heterocycles. The maximum Gasteiger partial charge on any atom is 0.0807 e. The maximum atomic E-state index is 4.73. The molecule has 2 unspecified atom stereocenters. The molecule has 2 rings (SSSR count). The highest BCUT2D eigenvalue weighted by Crippen LogP contribution is 2.24. The molecule has 3 nitrogen and oxygen atoms in total. The average molecular weight is 231 g/mol. The van der Waals surface area contributed by atoms with E-state index in [1.54, 1.807) is 0 Å². The van der Waals surface area contributed by atoms with Gasteiger partial charge < -0.3 is 4.90 Å². The highest BCUT2D eigenvalue weighted by atomic mass is 15.1. The number of aromatic nitrogens is 1. The van der Waals surface area contributed by atoms with Gasteiger partial charge in [-0.05, 0) is 39.1 Å². The number of aliphatic imine (C=N–C) groups is 1. The van der Waals surface area contributed by atoms with Gasteiger partial charge in [-0.1, -0.05) is 18.9 Å². The van der Waals surface area contributed by atoms with E-state index in [0.717, 1.165) is 5.69 Å². The number of nitrogens with zero attached hydrogens (tertiary/aromatic N) is 3. The van der Waals surface area contributed by atoms with Gasteiger partial charge in [0, 0.05) is 18.5 Å². The second-order valence-corrected chi connectivity index (χ2v) is 4.92. The SMILES string of the molecule is CN(C)C1CCCCC1/N=C/c1ccccn1. The minimum Gasteiger partial charge on any atom is -0.304 e. The summed E-state index contributed by atoms with van der Waals surface area (Å²) >= 11 is 0. The Bertz CT molecular complexity index is 359. The van der Waals surface area contributed by atoms with Gasteiger partial charge in [0.1, 0.15) is 0 Å². The summed E-state index contributed by atoms with van der Waals surface area (Å²) in [6, 6.07) is 6.94. The van der Waals surface area contributed by atoms with Crippen LogP contribution >= 0.6 is 0 Å². The molecule has 0 amide bonds. The van der Waals surface area contributed by atoms with Crippen LogP contribution in [0.5, 0.6) is 0 Å². The summed E-state index contributed by atoms with van der Waals surface area (Å²) in [7, 11) is 4.30. The van der Waals surface area contributed by atoms with Gasteiger partial charge in [-0.15, -0.1) is 0 Å². The second kappa shape index (κ2) is 5.92. The Hall–Kier alpha value is -1.22. The van der Waals surface area contributed by atoms with Crippen molar-refractivity contribution in [3.05, 3.63) is 30.1 Å². The van der Waals surface area contributed by atoms with Crippen molar-refractivity contribution in [3.63, 3.8) is 0 Å². The van der Waals surface area contributed by atoms with Crippen LogP contribution in [-0.2, 0) is 0 Å². The molecule has 0 aliphatic heterocycles. The second-order valence-electron chi connectivity index (χ2n) is 4.92. The van der Waals surface area contributed by atoms with Crippen LogP contribution in [0.1, 0.15) is 31.4 Å². The smallest absolute Gasteiger partial charge is 0.0807 e. The monoisotopic (exact) mass is 231 g/mol. The fourth-order valence-corrected chi connectivity index (χ4v) is 2.49. The topological polar surface area (TPSA) is 28.5 Å². The predicted molar refractivity (Wildman–Crippen MR) is 71.6 cm³/mol. The number of likely N-dealkylation sites (N-methyl/N-ethyl adjacent to an activating group) is 1. The van der Waals surface area contributed by atoms with Crippen LogP contribution in [-0.4, -0.2) is 42.3 Å². The molecule has 1 fully saturated rings. The van der Waals surface area contributed by atoms with E-state index in [9.17, 15) is 0 Å². The Balaban J connectivity index is 2.03. The molecular weight excluding hydrogens is 210 g/mol. The zero-order valence-electron chi connectivity index (χ0n) is 10.7. The van der Waals surface area contributed by atoms with E-state index in [2.05, 4.69) is 24.0 Å². The normalized spacial score (nSPS) is 25.6. The summed E-state index contributed by atoms with van der Waals surface area (Å²) in [5.74, 6) is 0. The van der Waals surface area contributed by atoms with Crippen molar-refractivity contribution >= 4 is 6.21 Å². The van der Waals surface area contributed by atoms with Gasteiger partial charge in [0.25, 0.3) is 0 Å². The van der Waals surface area contributed by atoms with Gasteiger partial charge in [0.15, 0.2) is 0 Å². The van der Waals surface area contributed by atoms with E-state index in [1.165, 1.54) is 25.7 Å². The van der Waals surface area contributed by atoms with Gasteiger partial charge >= 0.3 is 0 Å². The third-order valence-corrected chi connectivity index (χ3v) is 3.44. The summed E-state index contributed by atoms with van der Waals surface area (Å²) in [5.41, 5.74) is 0.954. The van der Waals surface area contributed by atoms with Gasteiger partial charge in [-0.2, -0.15) is 0 Å². The van der Waals surface area contributed by atoms with Crippen molar-refractivity contribution in [1.29, 1.82) is 0 Å². The number of pyridine rings is 1. The third-order valence-electron chi connectivity index (χ3n) is 3.44. The Morgan fingerprint density at radius 3 is 2.82 bits per heavy atom. The Morgan fingerprint density at radius 1 is 1.29 bits per heavy atom. The van der Waals surface area contributed by atoms with Crippen LogP contribution in [0.4, 0.5) is 0 Å². The number of hydrogen-bond acceptors (Lipinski definition) is 3. The van der Waals surface area contributed by atoms with E-state index in [1.807, 2.05) is 30.6 Å². The van der Waals surface area contributed by atoms with E-state index in [4.69, 9.17) is 4.99 Å². The van der Waals surface area contributed by atoms with E-state index in [-0.39, 0.29) is 0 Å². The summed E-state index contributed by atoms with van der Waals surface area (Å²) in [6.07, 6.45) is 8.83. The van der Waals surface area contributed by atoms with Crippen LogP contribution in [0.25, 0.3) is 0 Å². The summed E-state index contributed by atoms with van der Waals surface area (Å²) in [4.78, 5) is 11.3. The number of hydrogen-bond donors (Lipinski definition) is 0. The molecule has 0 radical (unpaired) electrons. The van der Waals surface area contributed by atoms with Crippen LogP contribution in [0.2, 0.25) is 0 Å². The first kappa shape index (κ1) is 12.2. The van der Waals surface area contributed by atoms with Crippen molar-refractivity contribution in [2.45, 2.75) is 37.8 Å². The van der Waals surface area contributed by atoms with E-state index >= 15 is 0 Å². The standard InChI is InChI=1S/C14H21N3/c1-17(2)14-9-4-3-8-13(14)16-11-12-7-5-6-10-15-12/h5-7,10-11,13-14H,3-4,8-9H2,1-2H3/b16-11+. The quantitative estimate of drug-likeness (QED) is 0.747. The fourth-order valence-electron chi connectivity index (χ4n) is 2.49. The van der Waals surface area contributed by atoms with Crippen LogP contribution in [0.15, 0.2) is 29.4 Å². The number of rotatable bonds is 3. The lowest BCUT2D eigenvalue weighted by molar-refractivity contribution is 0.203. The lowest BCUT2D eigenvalue weighted by Crippen LogP contribution is -2.40. The van der Waals surface area contributed by atoms with Crippen molar-refractivity contribution < 1.29 is 0 Å². The van der Waals surface area contributed by atoms with Gasteiger partial charge in [0.2, 0.25) is 0 Å². The van der Waals surface area contributed by atoms with Crippen molar-refractivity contribution in [2.24, 2.45) is 4.99 Å². The lowest BCUT2D eigenvalue weighted by atomic mass is 9.90. The Kier molecular flexibility index (Phi) is 4.26. The lowest BCUT2D eigenvalue weighted by Gasteiger charge is -2.33. The van der Waals surface area contributed by atoms with Crippen LogP contribution < -0.4 is 0 Å². The molecule has 1 saturated carbocycles. The van der Waals surface area contributed by atoms with E-state index in [0.29, 0.717) is 12.1 Å². The van der Waals surface area contributed by atoms with Gasteiger partial charge in [0.05, 0.1) is 11.7 Å². The van der Waals surface area contributed by atoms with Gasteiger partial charge in [-0.3, -0.25) is 9.98 Å². The summed E-state index contributed by atoms with van der Waals surface area (Å²) in [6.45, 7) is 0. The highest BCUT2D eigenvalue weighted by molar-refractivity contribution is 5.76. The van der Waals surface area contributed by atoms with Crippen LogP contribution in [0.3, 0.4) is 0 Å². The average Bonchev–Trinajstić information content (AvgIpc) is 2.38. The minimum absolute atomic E-state index is 0.431. The van der Waals surface area contributed by atoms with Gasteiger partial charge in [-0.25, -0.2) is 0 Å². The van der Waals surface area contributed by atoms with Crippen LogP contribution in [0, 0.1) is 0 Å². The van der Waals surface area contributed by atoms with Crippen molar-refractivity contribution in [1.82, 2.24) is 9.88 Å². The van der Waals surface area contributed by atoms with Crippen molar-refractivity contribution in [3.8, 4) is 0 Å². The molecule has 3 heteroatoms. The molecule has 0 spiro atoms. The summed E-state index contributed by atoms with van der Waals surface area (Å²) < 4.78 is 0. The molecule has 1 aliphatic rings. The molecule has 0 N–H and O–H groups in total. The zero-order valence-corrected chi connectivity index (χ0v) is 10.7. The molecule has 0 aromatic carbocycles. The molecule has 0 bridgehead atoms. The maximum absolute atomic E-state index is 4.73. The molecule has 1 aliphatic carbocycles. The molecule has 2 atom stereocenters. The molecule has 1 aromatic heterocycles. The summed E-state index contributed by atoms with van der Waals surface area (Å²) in [5, 5.41) is 0. The molecule has 1 aromatic rings. The first-order valence-electron chi connectivity index (χ1n) is 6.38. The zero-order chi connectivity index (χ0) is 12.1. The fraction of sp³-hybridized carbons (Fsp3) is 0.571. The molecular formula is C14H21N3.